The standard InChI is InChI=1S/C13H26N2O2/c1-13(2,3)17-12(16)10-15(4)11-6-5-8-14-9-7-11/h11,14H,5-10H2,1-4H3/t11-/m0/s1. The Labute approximate surface area is 105 Å². The zero-order chi connectivity index (χ0) is 12.9. The van der Waals surface area contributed by atoms with E-state index in [1.807, 2.05) is 27.8 Å². The Morgan fingerprint density at radius 1 is 1.35 bits per heavy atom. The highest BCUT2D eigenvalue weighted by Gasteiger charge is 2.22. The van der Waals surface area contributed by atoms with Crippen LogP contribution in [0.15, 0.2) is 0 Å². The van der Waals surface area contributed by atoms with Crippen LogP contribution in [0.1, 0.15) is 40.0 Å². The van der Waals surface area contributed by atoms with Gasteiger partial charge in [-0.3, -0.25) is 9.69 Å². The Kier molecular flexibility index (Phi) is 5.40. The Balaban J connectivity index is 2.36. The average molecular weight is 242 g/mol. The molecule has 17 heavy (non-hydrogen) atoms. The summed E-state index contributed by atoms with van der Waals surface area (Å²) in [5.74, 6) is -0.128. The molecule has 4 heteroatoms. The number of nitrogens with one attached hydrogen (secondary N) is 1. The molecule has 1 aliphatic rings. The molecule has 1 N–H and O–H groups in total. The molecule has 0 saturated carbocycles. The summed E-state index contributed by atoms with van der Waals surface area (Å²) in [4.78, 5) is 13.8. The lowest BCUT2D eigenvalue weighted by molar-refractivity contribution is -0.156. The fraction of sp³-hybridized carbons (Fsp3) is 0.923. The predicted molar refractivity (Wildman–Crippen MR) is 69.0 cm³/mol. The molecule has 1 aliphatic heterocycles. The Hall–Kier alpha value is -0.610. The van der Waals surface area contributed by atoms with Crippen molar-refractivity contribution in [1.82, 2.24) is 10.2 Å². The van der Waals surface area contributed by atoms with Gasteiger partial charge in [-0.05, 0) is 60.2 Å². The van der Waals surface area contributed by atoms with Gasteiger partial charge in [0.2, 0.25) is 0 Å². The van der Waals surface area contributed by atoms with E-state index in [0.29, 0.717) is 12.6 Å². The summed E-state index contributed by atoms with van der Waals surface area (Å²) in [5.41, 5.74) is -0.386. The van der Waals surface area contributed by atoms with Crippen LogP contribution >= 0.6 is 0 Å². The first-order chi connectivity index (χ1) is 7.88. The molecule has 0 bridgehead atoms. The summed E-state index contributed by atoms with van der Waals surface area (Å²) in [6.07, 6.45) is 3.45. The summed E-state index contributed by atoms with van der Waals surface area (Å²) >= 11 is 0. The topological polar surface area (TPSA) is 41.6 Å². The zero-order valence-corrected chi connectivity index (χ0v) is 11.6. The second-order valence-corrected chi connectivity index (χ2v) is 5.84. The molecule has 0 aliphatic carbocycles. The molecule has 0 aromatic rings. The van der Waals surface area contributed by atoms with Gasteiger partial charge in [-0.1, -0.05) is 0 Å². The van der Waals surface area contributed by atoms with Crippen molar-refractivity contribution in [3.05, 3.63) is 0 Å². The highest BCUT2D eigenvalue weighted by Crippen LogP contribution is 2.13. The largest absolute Gasteiger partial charge is 0.459 e. The van der Waals surface area contributed by atoms with Crippen molar-refractivity contribution < 1.29 is 9.53 Å². The van der Waals surface area contributed by atoms with Gasteiger partial charge in [-0.25, -0.2) is 0 Å². The maximum atomic E-state index is 11.7. The second-order valence-electron chi connectivity index (χ2n) is 5.84. The van der Waals surface area contributed by atoms with Gasteiger partial charge in [-0.2, -0.15) is 0 Å². The van der Waals surface area contributed by atoms with Crippen molar-refractivity contribution in [2.75, 3.05) is 26.7 Å². The SMILES string of the molecule is CN(CC(=O)OC(C)(C)C)[C@H]1CCCNCC1. The van der Waals surface area contributed by atoms with Gasteiger partial charge >= 0.3 is 5.97 Å². The third kappa shape index (κ3) is 6.03. The van der Waals surface area contributed by atoms with Crippen molar-refractivity contribution >= 4 is 5.97 Å². The van der Waals surface area contributed by atoms with E-state index in [-0.39, 0.29) is 11.6 Å². The van der Waals surface area contributed by atoms with Crippen molar-refractivity contribution in [3.8, 4) is 0 Å². The first kappa shape index (κ1) is 14.5. The molecule has 4 nitrogen and oxygen atoms in total. The lowest BCUT2D eigenvalue weighted by Crippen LogP contribution is -2.39. The first-order valence-electron chi connectivity index (χ1n) is 6.51. The number of carbonyl (C=O) groups is 1. The molecule has 1 saturated heterocycles. The summed E-state index contributed by atoms with van der Waals surface area (Å²) in [7, 11) is 2.01. The molecule has 1 fully saturated rings. The number of hydrogen-bond acceptors (Lipinski definition) is 4. The van der Waals surface area contributed by atoms with Crippen molar-refractivity contribution in [2.24, 2.45) is 0 Å². The fourth-order valence-corrected chi connectivity index (χ4v) is 2.15. The minimum absolute atomic E-state index is 0.128. The number of nitrogens with zero attached hydrogens (tertiary/aromatic N) is 1. The Morgan fingerprint density at radius 3 is 2.71 bits per heavy atom. The molecule has 0 spiro atoms. The van der Waals surface area contributed by atoms with E-state index < -0.39 is 0 Å². The van der Waals surface area contributed by atoms with Gasteiger partial charge in [0.1, 0.15) is 5.60 Å². The van der Waals surface area contributed by atoms with Gasteiger partial charge in [0, 0.05) is 6.04 Å². The van der Waals surface area contributed by atoms with E-state index in [1.165, 1.54) is 6.42 Å². The van der Waals surface area contributed by atoms with Gasteiger partial charge < -0.3 is 10.1 Å². The monoisotopic (exact) mass is 242 g/mol. The van der Waals surface area contributed by atoms with E-state index in [0.717, 1.165) is 25.9 Å². The molecule has 0 unspecified atom stereocenters. The number of esters is 1. The third-order valence-electron chi connectivity index (χ3n) is 2.97. The van der Waals surface area contributed by atoms with Gasteiger partial charge in [-0.15, -0.1) is 0 Å². The fourth-order valence-electron chi connectivity index (χ4n) is 2.15. The maximum Gasteiger partial charge on any atom is 0.320 e. The van der Waals surface area contributed by atoms with Crippen LogP contribution in [0.25, 0.3) is 0 Å². The smallest absolute Gasteiger partial charge is 0.320 e. The molecular weight excluding hydrogens is 216 g/mol. The molecule has 0 aromatic heterocycles. The van der Waals surface area contributed by atoms with Crippen LogP contribution in [0, 0.1) is 0 Å². The van der Waals surface area contributed by atoms with Crippen LogP contribution < -0.4 is 5.32 Å². The van der Waals surface area contributed by atoms with Crippen molar-refractivity contribution in [3.63, 3.8) is 0 Å². The molecule has 1 rings (SSSR count). The van der Waals surface area contributed by atoms with E-state index in [4.69, 9.17) is 4.74 Å². The lowest BCUT2D eigenvalue weighted by Gasteiger charge is -2.27. The van der Waals surface area contributed by atoms with Crippen LogP contribution in [-0.2, 0) is 9.53 Å². The van der Waals surface area contributed by atoms with Gasteiger partial charge in [0.15, 0.2) is 0 Å². The quantitative estimate of drug-likeness (QED) is 0.760. The summed E-state index contributed by atoms with van der Waals surface area (Å²) in [6.45, 7) is 8.24. The second kappa shape index (κ2) is 6.36. The molecule has 0 radical (unpaired) electrons. The van der Waals surface area contributed by atoms with Crippen LogP contribution in [0.2, 0.25) is 0 Å². The van der Waals surface area contributed by atoms with E-state index >= 15 is 0 Å². The van der Waals surface area contributed by atoms with Crippen molar-refractivity contribution in [1.29, 1.82) is 0 Å². The molecular formula is C13H26N2O2. The Bertz CT molecular complexity index is 240. The predicted octanol–water partition coefficient (Wildman–Crippen LogP) is 1.40. The average Bonchev–Trinajstić information content (AvgIpc) is 2.41. The van der Waals surface area contributed by atoms with Gasteiger partial charge in [0.25, 0.3) is 0 Å². The minimum atomic E-state index is -0.386. The maximum absolute atomic E-state index is 11.7. The normalized spacial score (nSPS) is 22.3. The first-order valence-corrected chi connectivity index (χ1v) is 6.51. The highest BCUT2D eigenvalue weighted by atomic mass is 16.6. The highest BCUT2D eigenvalue weighted by molar-refractivity contribution is 5.72. The van der Waals surface area contributed by atoms with E-state index in [9.17, 15) is 4.79 Å². The molecule has 1 atom stereocenters. The summed E-state index contributed by atoms with van der Waals surface area (Å²) in [5, 5.41) is 3.38. The summed E-state index contributed by atoms with van der Waals surface area (Å²) in [6, 6.07) is 0.498. The van der Waals surface area contributed by atoms with Crippen LogP contribution in [-0.4, -0.2) is 49.2 Å². The number of likely N-dealkylation sites (N-methyl/N-ethyl adjacent to an activating group) is 1. The van der Waals surface area contributed by atoms with Crippen LogP contribution in [0.4, 0.5) is 0 Å². The molecule has 0 amide bonds. The zero-order valence-electron chi connectivity index (χ0n) is 11.6. The van der Waals surface area contributed by atoms with Crippen molar-refractivity contribution in [2.45, 2.75) is 51.7 Å². The van der Waals surface area contributed by atoms with Crippen LogP contribution in [0.3, 0.4) is 0 Å². The number of hydrogen-bond donors (Lipinski definition) is 1. The van der Waals surface area contributed by atoms with Crippen LogP contribution in [0.5, 0.6) is 0 Å². The molecule has 100 valence electrons. The number of rotatable bonds is 3. The third-order valence-corrected chi connectivity index (χ3v) is 2.97. The lowest BCUT2D eigenvalue weighted by atomic mass is 10.1. The van der Waals surface area contributed by atoms with Gasteiger partial charge in [0.05, 0.1) is 6.54 Å². The Morgan fingerprint density at radius 2 is 2.06 bits per heavy atom. The summed E-state index contributed by atoms with van der Waals surface area (Å²) < 4.78 is 5.33. The number of carbonyl (C=O) groups excluding carboxylic acids is 1. The molecule has 0 aromatic carbocycles. The minimum Gasteiger partial charge on any atom is -0.459 e. The molecule has 1 heterocycles. The van der Waals surface area contributed by atoms with E-state index in [1.54, 1.807) is 0 Å². The van der Waals surface area contributed by atoms with E-state index in [2.05, 4.69) is 10.2 Å². The number of ether oxygens (including phenoxy) is 1.